The van der Waals surface area contributed by atoms with Gasteiger partial charge in [-0.1, -0.05) is 12.1 Å². The molecule has 0 spiro atoms. The van der Waals surface area contributed by atoms with E-state index >= 15 is 0 Å². The molecule has 48 heavy (non-hydrogen) atoms. The van der Waals surface area contributed by atoms with Crippen molar-refractivity contribution in [3.8, 4) is 33.9 Å². The maximum absolute atomic E-state index is 12.3. The number of halogens is 6. The molecule has 0 bridgehead atoms. The van der Waals surface area contributed by atoms with Crippen LogP contribution in [0, 0.1) is 5.92 Å². The van der Waals surface area contributed by atoms with Crippen LogP contribution in [0.4, 0.5) is 26.3 Å². The number of hydrogen-bond donors (Lipinski definition) is 1. The van der Waals surface area contributed by atoms with Gasteiger partial charge >= 0.3 is 18.4 Å². The number of benzene rings is 2. The molecule has 1 aliphatic rings. The molecular weight excluding hydrogens is 648 g/mol. The van der Waals surface area contributed by atoms with Gasteiger partial charge in [0.2, 0.25) is 0 Å². The number of aromatic nitrogens is 7. The quantitative estimate of drug-likeness (QED) is 0.206. The standard InChI is InChI=1S/C18H17F3N4O2.C13H8F3N3O2/c19-18(20,21)27-14-3-1-13(2-4-14)15-5-6-16-22-23-17(25(16)24-15)11-12-7-9-26-10-8-12;14-13(15,16)21-10-4-1-8(2-5-10)9-3-6-11-17-18-12(20)19(11)7-9/h1-6,12H,7-11H2;1-7H,(H,18,20). The van der Waals surface area contributed by atoms with Crippen molar-refractivity contribution in [2.24, 2.45) is 5.92 Å². The van der Waals surface area contributed by atoms with Crippen LogP contribution in [0.25, 0.3) is 33.7 Å². The summed E-state index contributed by atoms with van der Waals surface area (Å²) in [5.41, 5.74) is 3.33. The fraction of sp³-hybridized carbons (Fsp3) is 0.258. The van der Waals surface area contributed by atoms with E-state index in [1.54, 1.807) is 35.0 Å². The SMILES string of the molecule is FC(F)(F)Oc1ccc(-c2ccc3nnc(CC4CCOCC4)n3n2)cc1.O=c1[nH]nc2ccc(-c3ccc(OC(F)(F)F)cc3)cn12. The van der Waals surface area contributed by atoms with Crippen molar-refractivity contribution in [1.29, 1.82) is 0 Å². The zero-order valence-corrected chi connectivity index (χ0v) is 24.7. The van der Waals surface area contributed by atoms with E-state index in [2.05, 4.69) is 35.0 Å². The van der Waals surface area contributed by atoms with Gasteiger partial charge in [-0.3, -0.25) is 0 Å². The lowest BCUT2D eigenvalue weighted by molar-refractivity contribution is -0.275. The Morgan fingerprint density at radius 2 is 1.33 bits per heavy atom. The summed E-state index contributed by atoms with van der Waals surface area (Å²) in [4.78, 5) is 11.5. The van der Waals surface area contributed by atoms with Gasteiger partial charge in [0.25, 0.3) is 0 Å². The predicted octanol–water partition coefficient (Wildman–Crippen LogP) is 6.25. The lowest BCUT2D eigenvalue weighted by Gasteiger charge is -2.20. The molecule has 5 heterocycles. The number of nitrogens with zero attached hydrogens (tertiary/aromatic N) is 6. The summed E-state index contributed by atoms with van der Waals surface area (Å²) in [6.45, 7) is 1.51. The predicted molar refractivity (Wildman–Crippen MR) is 158 cm³/mol. The molecule has 1 aliphatic heterocycles. The van der Waals surface area contributed by atoms with Crippen molar-refractivity contribution < 1.29 is 40.6 Å². The van der Waals surface area contributed by atoms with E-state index in [1.165, 1.54) is 52.9 Å². The summed E-state index contributed by atoms with van der Waals surface area (Å²) in [5.74, 6) is 0.691. The van der Waals surface area contributed by atoms with Crippen LogP contribution in [0.5, 0.6) is 11.5 Å². The van der Waals surface area contributed by atoms with Crippen LogP contribution in [0.2, 0.25) is 0 Å². The molecule has 1 N–H and O–H groups in total. The number of pyridine rings is 1. The Labute approximate surface area is 266 Å². The Balaban J connectivity index is 0.000000173. The lowest BCUT2D eigenvalue weighted by Crippen LogP contribution is -2.19. The van der Waals surface area contributed by atoms with E-state index in [0.717, 1.165) is 38.3 Å². The molecule has 7 rings (SSSR count). The number of alkyl halides is 6. The van der Waals surface area contributed by atoms with Crippen LogP contribution in [0.1, 0.15) is 18.7 Å². The van der Waals surface area contributed by atoms with E-state index < -0.39 is 12.7 Å². The molecule has 0 saturated carbocycles. The number of ether oxygens (including phenoxy) is 3. The van der Waals surface area contributed by atoms with Crippen LogP contribution >= 0.6 is 0 Å². The second-order valence-corrected chi connectivity index (χ2v) is 10.7. The zero-order valence-electron chi connectivity index (χ0n) is 24.7. The number of hydrogen-bond acceptors (Lipinski definition) is 8. The highest BCUT2D eigenvalue weighted by molar-refractivity contribution is 5.65. The molecule has 4 aromatic heterocycles. The number of rotatable bonds is 6. The van der Waals surface area contributed by atoms with Crippen LogP contribution in [-0.2, 0) is 11.2 Å². The summed E-state index contributed by atoms with van der Waals surface area (Å²) >= 11 is 0. The van der Waals surface area contributed by atoms with E-state index in [9.17, 15) is 31.1 Å². The highest BCUT2D eigenvalue weighted by atomic mass is 19.4. The number of aromatic amines is 1. The third-order valence-corrected chi connectivity index (χ3v) is 7.36. The maximum atomic E-state index is 12.3. The number of nitrogens with one attached hydrogen (secondary N) is 1. The molecule has 0 unspecified atom stereocenters. The third kappa shape index (κ3) is 8.09. The highest BCUT2D eigenvalue weighted by Gasteiger charge is 2.31. The Hall–Kier alpha value is -5.45. The smallest absolute Gasteiger partial charge is 0.406 e. The van der Waals surface area contributed by atoms with Gasteiger partial charge in [0.1, 0.15) is 11.5 Å². The van der Waals surface area contributed by atoms with Crippen LogP contribution < -0.4 is 15.2 Å². The highest BCUT2D eigenvalue weighted by Crippen LogP contribution is 2.28. The van der Waals surface area contributed by atoms with Gasteiger partial charge in [-0.05, 0) is 90.6 Å². The van der Waals surface area contributed by atoms with Gasteiger partial charge in [-0.25, -0.2) is 14.3 Å². The zero-order chi connectivity index (χ0) is 33.9. The molecule has 1 fully saturated rings. The van der Waals surface area contributed by atoms with Gasteiger partial charge < -0.3 is 14.2 Å². The molecule has 250 valence electrons. The molecule has 6 aromatic rings. The second kappa shape index (κ2) is 13.3. The van der Waals surface area contributed by atoms with Gasteiger partial charge in [-0.2, -0.15) is 14.7 Å². The summed E-state index contributed by atoms with van der Waals surface area (Å²) in [7, 11) is 0. The average Bonchev–Trinajstić information content (AvgIpc) is 3.63. The summed E-state index contributed by atoms with van der Waals surface area (Å²) in [6.07, 6.45) is -5.14. The van der Waals surface area contributed by atoms with Crippen molar-refractivity contribution in [2.45, 2.75) is 32.0 Å². The minimum atomic E-state index is -4.72. The van der Waals surface area contributed by atoms with Crippen LogP contribution in [0.3, 0.4) is 0 Å². The maximum Gasteiger partial charge on any atom is 0.573 e. The van der Waals surface area contributed by atoms with Crippen molar-refractivity contribution in [1.82, 2.24) is 34.4 Å². The van der Waals surface area contributed by atoms with E-state index in [0.29, 0.717) is 39.6 Å². The van der Waals surface area contributed by atoms with Crippen LogP contribution in [-0.4, -0.2) is 60.3 Å². The lowest BCUT2D eigenvalue weighted by atomic mass is 9.96. The topological polar surface area (TPSA) is 121 Å². The largest absolute Gasteiger partial charge is 0.573 e. The first-order chi connectivity index (χ1) is 22.9. The summed E-state index contributed by atoms with van der Waals surface area (Å²) in [5, 5.41) is 19.1. The Kier molecular flexibility index (Phi) is 9.03. The van der Waals surface area contributed by atoms with Gasteiger partial charge in [0, 0.05) is 31.4 Å². The normalized spacial score (nSPS) is 14.1. The Bertz CT molecular complexity index is 2050. The molecule has 2 aromatic carbocycles. The summed E-state index contributed by atoms with van der Waals surface area (Å²) < 4.78 is 89.2. The number of fused-ring (bicyclic) bond motifs is 2. The minimum Gasteiger partial charge on any atom is -0.406 e. The third-order valence-electron chi connectivity index (χ3n) is 7.36. The van der Waals surface area contributed by atoms with Gasteiger partial charge in [0.15, 0.2) is 17.1 Å². The first kappa shape index (κ1) is 32.5. The van der Waals surface area contributed by atoms with Gasteiger partial charge in [-0.15, -0.1) is 36.5 Å². The Morgan fingerprint density at radius 3 is 1.96 bits per heavy atom. The van der Waals surface area contributed by atoms with Crippen molar-refractivity contribution in [3.05, 3.63) is 95.3 Å². The molecule has 0 amide bonds. The molecule has 0 aliphatic carbocycles. The van der Waals surface area contributed by atoms with E-state index in [1.807, 2.05) is 0 Å². The number of H-pyrrole nitrogens is 1. The average molecular weight is 674 g/mol. The first-order valence-corrected chi connectivity index (χ1v) is 14.5. The van der Waals surface area contributed by atoms with E-state index in [4.69, 9.17) is 4.74 Å². The minimum absolute atomic E-state index is 0.267. The summed E-state index contributed by atoms with van der Waals surface area (Å²) in [6, 6.07) is 17.9. The van der Waals surface area contributed by atoms with Crippen LogP contribution in [0.15, 0.2) is 83.8 Å². The Morgan fingerprint density at radius 1 is 0.750 bits per heavy atom. The molecule has 0 atom stereocenters. The molecular formula is C31H25F6N7O4. The fourth-order valence-corrected chi connectivity index (χ4v) is 5.08. The van der Waals surface area contributed by atoms with Crippen molar-refractivity contribution >= 4 is 11.3 Å². The van der Waals surface area contributed by atoms with E-state index in [-0.39, 0.29) is 17.2 Å². The monoisotopic (exact) mass is 673 g/mol. The van der Waals surface area contributed by atoms with Crippen molar-refractivity contribution in [2.75, 3.05) is 13.2 Å². The van der Waals surface area contributed by atoms with Gasteiger partial charge in [0.05, 0.1) is 5.69 Å². The molecule has 1 saturated heterocycles. The fourth-order valence-electron chi connectivity index (χ4n) is 5.08. The first-order valence-electron chi connectivity index (χ1n) is 14.5. The van der Waals surface area contributed by atoms with Crippen molar-refractivity contribution in [3.63, 3.8) is 0 Å². The molecule has 11 nitrogen and oxygen atoms in total. The molecule has 17 heteroatoms. The molecule has 0 radical (unpaired) electrons. The second-order valence-electron chi connectivity index (χ2n) is 10.7.